The first kappa shape index (κ1) is 21.7. The van der Waals surface area contributed by atoms with E-state index in [0.717, 1.165) is 5.69 Å². The summed E-state index contributed by atoms with van der Waals surface area (Å²) < 4.78 is 20.1. The summed E-state index contributed by atoms with van der Waals surface area (Å²) in [6.07, 6.45) is 0.487. The van der Waals surface area contributed by atoms with Crippen LogP contribution in [0.2, 0.25) is 0 Å². The molecule has 3 rings (SSSR count). The Morgan fingerprint density at radius 3 is 2.40 bits per heavy atom. The molecule has 2 aromatic heterocycles. The fourth-order valence-electron chi connectivity index (χ4n) is 2.85. The topological polar surface area (TPSA) is 85.8 Å². The van der Waals surface area contributed by atoms with E-state index in [4.69, 9.17) is 9.62 Å². The molecule has 1 amide bonds. The molecule has 0 bridgehead atoms. The largest absolute Gasteiger partial charge is 0.339 e. The van der Waals surface area contributed by atoms with Crippen molar-refractivity contribution in [1.29, 1.82) is 0 Å². The molecule has 0 spiro atoms. The second-order valence-electron chi connectivity index (χ2n) is 9.31. The number of anilines is 1. The van der Waals surface area contributed by atoms with Crippen LogP contribution in [-0.2, 0) is 22.2 Å². The smallest absolute Gasteiger partial charge is 0.227 e. The van der Waals surface area contributed by atoms with Gasteiger partial charge in [0.1, 0.15) is 11.6 Å². The van der Waals surface area contributed by atoms with Crippen molar-refractivity contribution in [1.82, 2.24) is 19.9 Å². The molecule has 2 heterocycles. The van der Waals surface area contributed by atoms with Crippen LogP contribution in [-0.4, -0.2) is 25.8 Å². The fraction of sp³-hybridized carbons (Fsp3) is 0.455. The first-order chi connectivity index (χ1) is 13.9. The normalized spacial score (nSPS) is 12.2. The van der Waals surface area contributed by atoms with Crippen molar-refractivity contribution < 1.29 is 13.7 Å². The summed E-state index contributed by atoms with van der Waals surface area (Å²) >= 11 is 0. The van der Waals surface area contributed by atoms with Crippen LogP contribution in [0.15, 0.2) is 34.9 Å². The highest BCUT2D eigenvalue weighted by molar-refractivity contribution is 5.90. The molecule has 1 aromatic carbocycles. The second kappa shape index (κ2) is 8.01. The number of carbonyl (C=O) groups excluding carboxylic acids is 1. The highest BCUT2D eigenvalue weighted by atomic mass is 19.1. The number of amides is 1. The molecular formula is C22H28FN5O2. The highest BCUT2D eigenvalue weighted by Crippen LogP contribution is 2.28. The minimum Gasteiger partial charge on any atom is -0.339 e. The van der Waals surface area contributed by atoms with Gasteiger partial charge in [-0.1, -0.05) is 25.9 Å². The molecule has 0 fully saturated rings. The van der Waals surface area contributed by atoms with E-state index in [1.54, 1.807) is 12.1 Å². The fourth-order valence-corrected chi connectivity index (χ4v) is 2.85. The molecule has 0 atom stereocenters. The Labute approximate surface area is 175 Å². The number of benzene rings is 1. The van der Waals surface area contributed by atoms with Crippen LogP contribution in [0, 0.1) is 5.82 Å². The average Bonchev–Trinajstić information content (AvgIpc) is 3.27. The van der Waals surface area contributed by atoms with Gasteiger partial charge in [0.2, 0.25) is 17.6 Å². The van der Waals surface area contributed by atoms with Crippen LogP contribution in [0.3, 0.4) is 0 Å². The van der Waals surface area contributed by atoms with Gasteiger partial charge in [0, 0.05) is 29.9 Å². The summed E-state index contributed by atoms with van der Waals surface area (Å²) in [5.74, 6) is 0.885. The van der Waals surface area contributed by atoms with Gasteiger partial charge in [0.15, 0.2) is 0 Å². The van der Waals surface area contributed by atoms with Crippen molar-refractivity contribution in [3.8, 4) is 11.4 Å². The average molecular weight is 413 g/mol. The quantitative estimate of drug-likeness (QED) is 0.655. The van der Waals surface area contributed by atoms with Gasteiger partial charge in [-0.15, -0.1) is 0 Å². The van der Waals surface area contributed by atoms with Gasteiger partial charge in [-0.2, -0.15) is 10.1 Å². The van der Waals surface area contributed by atoms with E-state index in [-0.39, 0.29) is 29.1 Å². The number of rotatable bonds is 5. The van der Waals surface area contributed by atoms with Gasteiger partial charge in [-0.3, -0.25) is 4.79 Å². The number of hydrogen-bond donors (Lipinski definition) is 1. The van der Waals surface area contributed by atoms with E-state index in [2.05, 4.69) is 36.2 Å². The minimum absolute atomic E-state index is 0.128. The van der Waals surface area contributed by atoms with Crippen LogP contribution in [0.4, 0.5) is 10.2 Å². The van der Waals surface area contributed by atoms with Gasteiger partial charge in [-0.25, -0.2) is 9.07 Å². The summed E-state index contributed by atoms with van der Waals surface area (Å²) in [6.45, 7) is 12.4. The Bertz CT molecular complexity index is 1020. The van der Waals surface area contributed by atoms with Crippen molar-refractivity contribution >= 4 is 11.7 Å². The van der Waals surface area contributed by atoms with Crippen molar-refractivity contribution in [2.45, 2.75) is 65.3 Å². The third-order valence-corrected chi connectivity index (χ3v) is 4.52. The summed E-state index contributed by atoms with van der Waals surface area (Å²) in [4.78, 5) is 16.8. The monoisotopic (exact) mass is 413 g/mol. The van der Waals surface area contributed by atoms with Crippen LogP contribution in [0.1, 0.15) is 59.5 Å². The highest BCUT2D eigenvalue weighted by Gasteiger charge is 2.25. The van der Waals surface area contributed by atoms with Gasteiger partial charge in [0.25, 0.3) is 0 Å². The molecule has 0 radical (unpaired) electrons. The zero-order valence-electron chi connectivity index (χ0n) is 18.3. The molecular weight excluding hydrogens is 385 g/mol. The van der Waals surface area contributed by atoms with Crippen molar-refractivity contribution in [3.05, 3.63) is 47.7 Å². The first-order valence-electron chi connectivity index (χ1n) is 9.93. The number of aryl methyl sites for hydroxylation is 1. The van der Waals surface area contributed by atoms with Crippen LogP contribution >= 0.6 is 0 Å². The first-order valence-corrected chi connectivity index (χ1v) is 9.93. The third kappa shape index (κ3) is 5.11. The van der Waals surface area contributed by atoms with E-state index in [9.17, 15) is 9.18 Å². The van der Waals surface area contributed by atoms with Crippen molar-refractivity contribution in [2.24, 2.45) is 0 Å². The Hall–Kier alpha value is -3.03. The summed E-state index contributed by atoms with van der Waals surface area (Å²) in [5, 5.41) is 11.6. The summed E-state index contributed by atoms with van der Waals surface area (Å²) in [6, 6.07) is 7.75. The lowest BCUT2D eigenvalue weighted by molar-refractivity contribution is -0.116. The Morgan fingerprint density at radius 2 is 1.80 bits per heavy atom. The van der Waals surface area contributed by atoms with Gasteiger partial charge < -0.3 is 9.84 Å². The molecule has 30 heavy (non-hydrogen) atoms. The molecule has 0 unspecified atom stereocenters. The molecule has 0 aliphatic carbocycles. The number of halogens is 1. The van der Waals surface area contributed by atoms with Gasteiger partial charge in [-0.05, 0) is 45.0 Å². The van der Waals surface area contributed by atoms with Crippen molar-refractivity contribution in [2.75, 3.05) is 5.32 Å². The maximum Gasteiger partial charge on any atom is 0.227 e. The maximum absolute atomic E-state index is 13.1. The lowest BCUT2D eigenvalue weighted by Crippen LogP contribution is -2.27. The number of nitrogens with zero attached hydrogens (tertiary/aromatic N) is 4. The Balaban J connectivity index is 1.67. The van der Waals surface area contributed by atoms with Gasteiger partial charge >= 0.3 is 0 Å². The molecule has 0 aliphatic heterocycles. The summed E-state index contributed by atoms with van der Waals surface area (Å²) in [5.41, 5.74) is 1.16. The molecule has 1 N–H and O–H groups in total. The predicted molar refractivity (Wildman–Crippen MR) is 113 cm³/mol. The number of carbonyl (C=O) groups is 1. The lowest BCUT2D eigenvalue weighted by Gasteiger charge is -2.23. The van der Waals surface area contributed by atoms with Crippen LogP contribution in [0.5, 0.6) is 0 Å². The number of nitrogens with one attached hydrogen (secondary N) is 1. The standard InChI is InChI=1S/C22H28FN5O2/c1-21(2,3)16-13-17(28(26-16)22(4,5)6)24-18(29)11-12-19-25-20(27-30-19)14-7-9-15(23)10-8-14/h7-10,13H,11-12H2,1-6H3,(H,24,29). The van der Waals surface area contributed by atoms with Crippen LogP contribution < -0.4 is 5.32 Å². The number of hydrogen-bond acceptors (Lipinski definition) is 5. The van der Waals surface area contributed by atoms with E-state index < -0.39 is 0 Å². The predicted octanol–water partition coefficient (Wildman–Crippen LogP) is 4.70. The molecule has 0 saturated heterocycles. The molecule has 160 valence electrons. The molecule has 7 nitrogen and oxygen atoms in total. The zero-order valence-corrected chi connectivity index (χ0v) is 18.3. The van der Waals surface area contributed by atoms with Gasteiger partial charge in [0.05, 0.1) is 11.2 Å². The molecule has 0 saturated carbocycles. The van der Waals surface area contributed by atoms with Crippen molar-refractivity contribution in [3.63, 3.8) is 0 Å². The SMILES string of the molecule is CC(C)(C)c1cc(NC(=O)CCc2nc(-c3ccc(F)cc3)no2)n(C(C)(C)C)n1. The summed E-state index contributed by atoms with van der Waals surface area (Å²) in [7, 11) is 0. The molecule has 8 heteroatoms. The second-order valence-corrected chi connectivity index (χ2v) is 9.31. The maximum atomic E-state index is 13.1. The van der Waals surface area contributed by atoms with E-state index >= 15 is 0 Å². The third-order valence-electron chi connectivity index (χ3n) is 4.52. The molecule has 0 aliphatic rings. The number of aromatic nitrogens is 4. The Morgan fingerprint density at radius 1 is 1.13 bits per heavy atom. The van der Waals surface area contributed by atoms with E-state index in [0.29, 0.717) is 29.5 Å². The molecule has 3 aromatic rings. The Kier molecular flexibility index (Phi) is 5.78. The van der Waals surface area contributed by atoms with E-state index in [1.165, 1.54) is 12.1 Å². The minimum atomic E-state index is -0.330. The lowest BCUT2D eigenvalue weighted by atomic mass is 9.92. The van der Waals surface area contributed by atoms with Crippen LogP contribution in [0.25, 0.3) is 11.4 Å². The zero-order chi connectivity index (χ0) is 22.1. The van der Waals surface area contributed by atoms with E-state index in [1.807, 2.05) is 31.5 Å².